The number of hydrogen-bond donors (Lipinski definition) is 1. The molecule has 0 radical (unpaired) electrons. The van der Waals surface area contributed by atoms with E-state index in [0.717, 1.165) is 43.5 Å². The highest BCUT2D eigenvalue weighted by molar-refractivity contribution is 7.92. The minimum atomic E-state index is -3.75. The summed E-state index contributed by atoms with van der Waals surface area (Å²) in [6, 6.07) is 0.951. The van der Waals surface area contributed by atoms with Crippen LogP contribution in [-0.2, 0) is 24.6 Å². The summed E-state index contributed by atoms with van der Waals surface area (Å²) >= 11 is 0.916. The number of likely N-dealkylation sites (tertiary alicyclic amines) is 1. The van der Waals surface area contributed by atoms with Crippen molar-refractivity contribution in [2.24, 2.45) is 0 Å². The van der Waals surface area contributed by atoms with E-state index in [1.165, 1.54) is 11.4 Å². The molecule has 0 spiro atoms. The van der Waals surface area contributed by atoms with Crippen LogP contribution in [0.5, 0.6) is 0 Å². The highest BCUT2D eigenvalue weighted by Crippen LogP contribution is 2.25. The van der Waals surface area contributed by atoms with Crippen LogP contribution in [0.25, 0.3) is 0 Å². The Morgan fingerprint density at radius 2 is 1.91 bits per heavy atom. The highest BCUT2D eigenvalue weighted by atomic mass is 32.2. The summed E-state index contributed by atoms with van der Waals surface area (Å²) in [5, 5.41) is 1.35. The molecule has 1 N–H and O–H groups in total. The summed E-state index contributed by atoms with van der Waals surface area (Å²) in [6.45, 7) is 2.78. The fourth-order valence-corrected chi connectivity index (χ4v) is 6.62. The summed E-state index contributed by atoms with van der Waals surface area (Å²) in [7, 11) is -7.16. The molecule has 2 aliphatic rings. The number of thiophene rings is 1. The Labute approximate surface area is 140 Å². The molecule has 0 amide bonds. The van der Waals surface area contributed by atoms with E-state index in [9.17, 15) is 16.8 Å². The Balaban J connectivity index is 1.76. The second-order valence-corrected chi connectivity index (χ2v) is 10.8. The van der Waals surface area contributed by atoms with Crippen molar-refractivity contribution < 1.29 is 21.6 Å². The van der Waals surface area contributed by atoms with Gasteiger partial charge in [0.25, 0.3) is 0 Å². The smallest absolute Gasteiger partial charge is 0.250 e. The average Bonchev–Trinajstić information content (AvgIpc) is 3.19. The van der Waals surface area contributed by atoms with Gasteiger partial charge in [-0.1, -0.05) is 0 Å². The lowest BCUT2D eigenvalue weighted by atomic mass is 10.1. The Morgan fingerprint density at radius 3 is 2.52 bits per heavy atom. The number of rotatable bonds is 5. The van der Waals surface area contributed by atoms with Gasteiger partial charge in [-0.05, 0) is 32.0 Å². The standard InChI is InChI=1S/C13H20N2O5S3/c1-22(16,17)10-6-13(21-9-10)23(18,19)14-11-7-20-8-12(11)15-4-2-3-5-15/h6,9,11-12,14H,2-5,7-8H2,1H3/t11-,12-/m1/s1. The van der Waals surface area contributed by atoms with Crippen molar-refractivity contribution in [2.45, 2.75) is 34.0 Å². The fraction of sp³-hybridized carbons (Fsp3) is 0.692. The molecule has 10 heteroatoms. The maximum atomic E-state index is 12.5. The normalized spacial score (nSPS) is 26.8. The molecule has 2 saturated heterocycles. The second-order valence-electron chi connectivity index (χ2n) is 5.95. The number of sulfone groups is 1. The fourth-order valence-electron chi connectivity index (χ4n) is 2.98. The largest absolute Gasteiger partial charge is 0.378 e. The van der Waals surface area contributed by atoms with Gasteiger partial charge in [0.2, 0.25) is 10.0 Å². The Kier molecular flexibility index (Phi) is 4.83. The van der Waals surface area contributed by atoms with Crippen molar-refractivity contribution in [1.82, 2.24) is 9.62 Å². The molecule has 0 saturated carbocycles. The highest BCUT2D eigenvalue weighted by Gasteiger charge is 2.37. The van der Waals surface area contributed by atoms with Gasteiger partial charge >= 0.3 is 0 Å². The van der Waals surface area contributed by atoms with E-state index in [0.29, 0.717) is 13.2 Å². The molecule has 7 nitrogen and oxygen atoms in total. The number of nitrogens with zero attached hydrogens (tertiary/aromatic N) is 1. The predicted octanol–water partition coefficient (Wildman–Crippen LogP) is 0.293. The van der Waals surface area contributed by atoms with Crippen LogP contribution in [0.2, 0.25) is 0 Å². The molecule has 2 atom stereocenters. The van der Waals surface area contributed by atoms with Crippen molar-refractivity contribution >= 4 is 31.2 Å². The number of nitrogens with one attached hydrogen (secondary N) is 1. The van der Waals surface area contributed by atoms with E-state index < -0.39 is 19.9 Å². The lowest BCUT2D eigenvalue weighted by molar-refractivity contribution is 0.159. The molecular weight excluding hydrogens is 360 g/mol. The summed E-state index contributed by atoms with van der Waals surface area (Å²) in [5.41, 5.74) is 0. The van der Waals surface area contributed by atoms with Crippen LogP contribution < -0.4 is 4.72 Å². The van der Waals surface area contributed by atoms with E-state index in [1.54, 1.807) is 0 Å². The van der Waals surface area contributed by atoms with Gasteiger partial charge in [0.1, 0.15) is 4.21 Å². The zero-order chi connectivity index (χ0) is 16.7. The first kappa shape index (κ1) is 17.3. The Bertz CT molecular complexity index is 765. The molecule has 1 aromatic heterocycles. The predicted molar refractivity (Wildman–Crippen MR) is 87.0 cm³/mol. The summed E-state index contributed by atoms with van der Waals surface area (Å²) in [4.78, 5) is 2.29. The molecule has 130 valence electrons. The Hall–Kier alpha value is -0.520. The first-order valence-corrected chi connectivity index (χ1v) is 11.7. The van der Waals surface area contributed by atoms with Gasteiger partial charge < -0.3 is 4.74 Å². The molecule has 0 bridgehead atoms. The molecule has 2 fully saturated rings. The number of ether oxygens (including phenoxy) is 1. The van der Waals surface area contributed by atoms with Crippen molar-refractivity contribution in [1.29, 1.82) is 0 Å². The van der Waals surface area contributed by atoms with E-state index >= 15 is 0 Å². The van der Waals surface area contributed by atoms with Gasteiger partial charge in [0.15, 0.2) is 9.84 Å². The van der Waals surface area contributed by atoms with Crippen LogP contribution in [-0.4, -0.2) is 66.4 Å². The topological polar surface area (TPSA) is 92.8 Å². The van der Waals surface area contributed by atoms with Crippen LogP contribution in [0, 0.1) is 0 Å². The molecule has 3 rings (SSSR count). The third kappa shape index (κ3) is 3.77. The third-order valence-electron chi connectivity index (χ3n) is 4.21. The van der Waals surface area contributed by atoms with Gasteiger partial charge in [-0.25, -0.2) is 21.6 Å². The summed E-state index contributed by atoms with van der Waals surface area (Å²) in [5.74, 6) is 0. The van der Waals surface area contributed by atoms with Crippen LogP contribution >= 0.6 is 11.3 Å². The zero-order valence-corrected chi connectivity index (χ0v) is 15.2. The van der Waals surface area contributed by atoms with E-state index in [-0.39, 0.29) is 21.2 Å². The first-order valence-electron chi connectivity index (χ1n) is 7.40. The number of hydrogen-bond acceptors (Lipinski definition) is 7. The third-order valence-corrected chi connectivity index (χ3v) is 8.38. The van der Waals surface area contributed by atoms with Gasteiger partial charge in [-0.2, -0.15) is 0 Å². The lowest BCUT2D eigenvalue weighted by Crippen LogP contribution is -2.50. The SMILES string of the molecule is CS(=O)(=O)c1csc(S(=O)(=O)N[C@@H]2COC[C@H]2N2CCCC2)c1. The van der Waals surface area contributed by atoms with Crippen molar-refractivity contribution in [3.8, 4) is 0 Å². The molecule has 2 aliphatic heterocycles. The molecule has 1 aromatic rings. The second kappa shape index (κ2) is 6.41. The maximum absolute atomic E-state index is 12.5. The van der Waals surface area contributed by atoms with Crippen LogP contribution in [0.4, 0.5) is 0 Å². The van der Waals surface area contributed by atoms with Crippen molar-refractivity contribution in [3.05, 3.63) is 11.4 Å². The molecule has 3 heterocycles. The van der Waals surface area contributed by atoms with Crippen LogP contribution in [0.15, 0.2) is 20.6 Å². The van der Waals surface area contributed by atoms with Crippen molar-refractivity contribution in [3.63, 3.8) is 0 Å². The van der Waals surface area contributed by atoms with Gasteiger partial charge in [0.05, 0.1) is 30.2 Å². The van der Waals surface area contributed by atoms with Crippen LogP contribution in [0.3, 0.4) is 0 Å². The van der Waals surface area contributed by atoms with Gasteiger partial charge in [-0.15, -0.1) is 11.3 Å². The monoisotopic (exact) mass is 380 g/mol. The maximum Gasteiger partial charge on any atom is 0.250 e. The molecule has 0 unspecified atom stereocenters. The lowest BCUT2D eigenvalue weighted by Gasteiger charge is -2.27. The van der Waals surface area contributed by atoms with Gasteiger partial charge in [-0.3, -0.25) is 4.90 Å². The number of sulfonamides is 1. The van der Waals surface area contributed by atoms with E-state index in [1.807, 2.05) is 0 Å². The molecule has 0 aliphatic carbocycles. The minimum Gasteiger partial charge on any atom is -0.378 e. The van der Waals surface area contributed by atoms with Crippen LogP contribution in [0.1, 0.15) is 12.8 Å². The molecule has 0 aromatic carbocycles. The van der Waals surface area contributed by atoms with E-state index in [2.05, 4.69) is 9.62 Å². The average molecular weight is 381 g/mol. The van der Waals surface area contributed by atoms with Crippen molar-refractivity contribution in [2.75, 3.05) is 32.6 Å². The zero-order valence-electron chi connectivity index (χ0n) is 12.8. The summed E-state index contributed by atoms with van der Waals surface area (Å²) < 4.78 is 56.2. The molecule has 23 heavy (non-hydrogen) atoms. The van der Waals surface area contributed by atoms with E-state index in [4.69, 9.17) is 4.74 Å². The molecular formula is C13H20N2O5S3. The Morgan fingerprint density at radius 1 is 1.22 bits per heavy atom. The quantitative estimate of drug-likeness (QED) is 0.789. The first-order chi connectivity index (χ1) is 10.8. The summed E-state index contributed by atoms with van der Waals surface area (Å²) in [6.07, 6.45) is 3.31. The van der Waals surface area contributed by atoms with Gasteiger partial charge in [0, 0.05) is 11.6 Å². The minimum absolute atomic E-state index is 0.0185.